The van der Waals surface area contributed by atoms with Gasteiger partial charge in [-0.2, -0.15) is 4.72 Å². The fourth-order valence-corrected chi connectivity index (χ4v) is 5.45. The number of thiophene rings is 1. The Labute approximate surface area is 177 Å². The topological polar surface area (TPSA) is 86.8 Å². The molecule has 0 bridgehead atoms. The number of carbonyl (C=O) groups excluding carboxylic acids is 2. The summed E-state index contributed by atoms with van der Waals surface area (Å²) in [6, 6.07) is 5.73. The maximum absolute atomic E-state index is 13.2. The first-order chi connectivity index (χ1) is 13.7. The molecule has 0 saturated carbocycles. The number of benzene rings is 1. The Bertz CT molecular complexity index is 1010. The van der Waals surface area contributed by atoms with Crippen LogP contribution in [0.1, 0.15) is 17.3 Å². The fraction of sp³-hybridized carbons (Fsp3) is 0.333. The molecule has 11 heteroatoms. The van der Waals surface area contributed by atoms with Crippen LogP contribution in [0.2, 0.25) is 5.02 Å². The van der Waals surface area contributed by atoms with E-state index < -0.39 is 21.9 Å². The lowest BCUT2D eigenvalue weighted by Crippen LogP contribution is -2.55. The standard InChI is InChI=1S/C18H19ClFN3O4S2/c1-12(21-29(26,27)16-3-2-10-28-16)17(24)22-6-8-23(9-7-22)18(25)14-5-4-13(20)11-15(14)19/h2-5,10-12,21H,6-9H2,1H3. The molecule has 1 aliphatic heterocycles. The number of amides is 2. The third-order valence-electron chi connectivity index (χ3n) is 4.50. The van der Waals surface area contributed by atoms with Crippen molar-refractivity contribution in [3.63, 3.8) is 0 Å². The molecule has 29 heavy (non-hydrogen) atoms. The molecule has 7 nitrogen and oxygen atoms in total. The van der Waals surface area contributed by atoms with Crippen LogP contribution in [0.25, 0.3) is 0 Å². The Morgan fingerprint density at radius 1 is 1.17 bits per heavy atom. The lowest BCUT2D eigenvalue weighted by atomic mass is 10.1. The number of rotatable bonds is 5. The summed E-state index contributed by atoms with van der Waals surface area (Å²) in [4.78, 5) is 28.2. The molecule has 1 aromatic heterocycles. The second-order valence-electron chi connectivity index (χ2n) is 6.52. The predicted octanol–water partition coefficient (Wildman–Crippen LogP) is 2.19. The van der Waals surface area contributed by atoms with Gasteiger partial charge in [-0.05, 0) is 36.6 Å². The minimum absolute atomic E-state index is 0.0325. The van der Waals surface area contributed by atoms with Crippen LogP contribution < -0.4 is 4.72 Å². The van der Waals surface area contributed by atoms with E-state index in [9.17, 15) is 22.4 Å². The monoisotopic (exact) mass is 459 g/mol. The number of halogens is 2. The molecule has 0 spiro atoms. The van der Waals surface area contributed by atoms with Crippen molar-refractivity contribution in [3.8, 4) is 0 Å². The molecule has 1 aliphatic rings. The molecular formula is C18H19ClFN3O4S2. The summed E-state index contributed by atoms with van der Waals surface area (Å²) in [5.74, 6) is -1.23. The van der Waals surface area contributed by atoms with Gasteiger partial charge in [-0.15, -0.1) is 11.3 Å². The average Bonchev–Trinajstić information content (AvgIpc) is 3.22. The Morgan fingerprint density at radius 2 is 1.83 bits per heavy atom. The van der Waals surface area contributed by atoms with E-state index in [0.29, 0.717) is 0 Å². The first kappa shape index (κ1) is 21.7. The minimum atomic E-state index is -3.76. The van der Waals surface area contributed by atoms with E-state index in [1.807, 2.05) is 0 Å². The van der Waals surface area contributed by atoms with Crippen molar-refractivity contribution >= 4 is 44.8 Å². The van der Waals surface area contributed by atoms with E-state index in [2.05, 4.69) is 4.72 Å². The molecular weight excluding hydrogens is 441 g/mol. The van der Waals surface area contributed by atoms with Crippen molar-refractivity contribution in [2.24, 2.45) is 0 Å². The lowest BCUT2D eigenvalue weighted by Gasteiger charge is -2.36. The Kier molecular flexibility index (Phi) is 6.57. The van der Waals surface area contributed by atoms with Gasteiger partial charge in [0.15, 0.2) is 0 Å². The highest BCUT2D eigenvalue weighted by Gasteiger charge is 2.30. The molecule has 0 radical (unpaired) electrons. The predicted molar refractivity (Wildman–Crippen MR) is 108 cm³/mol. The van der Waals surface area contributed by atoms with Crippen LogP contribution >= 0.6 is 22.9 Å². The lowest BCUT2D eigenvalue weighted by molar-refractivity contribution is -0.134. The van der Waals surface area contributed by atoms with Crippen LogP contribution in [0.15, 0.2) is 39.9 Å². The van der Waals surface area contributed by atoms with E-state index in [0.717, 1.165) is 17.4 Å². The van der Waals surface area contributed by atoms with Gasteiger partial charge in [0.1, 0.15) is 10.0 Å². The molecule has 3 rings (SSSR count). The molecule has 2 heterocycles. The molecule has 1 fully saturated rings. The maximum atomic E-state index is 13.2. The molecule has 2 amide bonds. The smallest absolute Gasteiger partial charge is 0.255 e. The summed E-state index contributed by atoms with van der Waals surface area (Å²) in [6.07, 6.45) is 0. The summed E-state index contributed by atoms with van der Waals surface area (Å²) >= 11 is 7.02. The van der Waals surface area contributed by atoms with Gasteiger partial charge >= 0.3 is 0 Å². The van der Waals surface area contributed by atoms with Gasteiger partial charge in [0, 0.05) is 26.2 Å². The molecule has 1 aromatic carbocycles. The summed E-state index contributed by atoms with van der Waals surface area (Å²) in [6.45, 7) is 2.54. The highest BCUT2D eigenvalue weighted by Crippen LogP contribution is 2.20. The van der Waals surface area contributed by atoms with Gasteiger partial charge in [0.05, 0.1) is 16.6 Å². The summed E-state index contributed by atoms with van der Waals surface area (Å²) in [5.41, 5.74) is 0.199. The van der Waals surface area contributed by atoms with Crippen molar-refractivity contribution < 1.29 is 22.4 Å². The summed E-state index contributed by atoms with van der Waals surface area (Å²) < 4.78 is 40.3. The van der Waals surface area contributed by atoms with Gasteiger partial charge in [0.2, 0.25) is 5.91 Å². The average molecular weight is 460 g/mol. The first-order valence-corrected chi connectivity index (χ1v) is 11.5. The van der Waals surface area contributed by atoms with Crippen molar-refractivity contribution in [1.82, 2.24) is 14.5 Å². The van der Waals surface area contributed by atoms with Crippen LogP contribution in [0.5, 0.6) is 0 Å². The first-order valence-electron chi connectivity index (χ1n) is 8.78. The number of carbonyl (C=O) groups is 2. The molecule has 0 aliphatic carbocycles. The van der Waals surface area contributed by atoms with Gasteiger partial charge in [-0.1, -0.05) is 17.7 Å². The van der Waals surface area contributed by atoms with Gasteiger partial charge in [0.25, 0.3) is 15.9 Å². The normalized spacial score (nSPS) is 16.0. The van der Waals surface area contributed by atoms with Crippen LogP contribution in [0.3, 0.4) is 0 Å². The van der Waals surface area contributed by atoms with Crippen molar-refractivity contribution in [1.29, 1.82) is 0 Å². The van der Waals surface area contributed by atoms with Crippen LogP contribution in [0, 0.1) is 5.82 Å². The number of sulfonamides is 1. The highest BCUT2D eigenvalue weighted by atomic mass is 35.5. The maximum Gasteiger partial charge on any atom is 0.255 e. The molecule has 1 atom stereocenters. The number of piperazine rings is 1. The van der Waals surface area contributed by atoms with Crippen molar-refractivity contribution in [2.45, 2.75) is 17.2 Å². The molecule has 1 N–H and O–H groups in total. The zero-order valence-electron chi connectivity index (χ0n) is 15.5. The minimum Gasteiger partial charge on any atom is -0.338 e. The molecule has 2 aromatic rings. The van der Waals surface area contributed by atoms with E-state index >= 15 is 0 Å². The van der Waals surface area contributed by atoms with E-state index in [4.69, 9.17) is 11.6 Å². The second kappa shape index (κ2) is 8.78. The largest absolute Gasteiger partial charge is 0.338 e. The summed E-state index contributed by atoms with van der Waals surface area (Å²) in [7, 11) is -3.76. The SMILES string of the molecule is CC(NS(=O)(=O)c1cccs1)C(=O)N1CCN(C(=O)c2ccc(F)cc2Cl)CC1. The number of hydrogen-bond donors (Lipinski definition) is 1. The number of hydrogen-bond acceptors (Lipinski definition) is 5. The van der Waals surface area contributed by atoms with Gasteiger partial charge in [-0.25, -0.2) is 12.8 Å². The Balaban J connectivity index is 1.58. The van der Waals surface area contributed by atoms with Gasteiger partial charge < -0.3 is 9.80 Å². The van der Waals surface area contributed by atoms with Crippen LogP contribution in [-0.2, 0) is 14.8 Å². The number of nitrogens with one attached hydrogen (secondary N) is 1. The van der Waals surface area contributed by atoms with Crippen LogP contribution in [0.4, 0.5) is 4.39 Å². The van der Waals surface area contributed by atoms with E-state index in [-0.39, 0.29) is 52.8 Å². The molecule has 1 unspecified atom stereocenters. The van der Waals surface area contributed by atoms with E-state index in [1.54, 1.807) is 11.4 Å². The highest BCUT2D eigenvalue weighted by molar-refractivity contribution is 7.91. The Hall–Kier alpha value is -2.01. The molecule has 1 saturated heterocycles. The zero-order valence-corrected chi connectivity index (χ0v) is 17.9. The third kappa shape index (κ3) is 4.95. The zero-order chi connectivity index (χ0) is 21.2. The second-order valence-corrected chi connectivity index (χ2v) is 9.81. The van der Waals surface area contributed by atoms with Gasteiger partial charge in [-0.3, -0.25) is 9.59 Å². The third-order valence-corrected chi connectivity index (χ3v) is 7.75. The van der Waals surface area contributed by atoms with Crippen molar-refractivity contribution in [3.05, 3.63) is 52.1 Å². The van der Waals surface area contributed by atoms with E-state index in [1.165, 1.54) is 34.9 Å². The fourth-order valence-electron chi connectivity index (χ4n) is 2.99. The van der Waals surface area contributed by atoms with Crippen molar-refractivity contribution in [2.75, 3.05) is 26.2 Å². The Morgan fingerprint density at radius 3 is 2.41 bits per heavy atom. The quantitative estimate of drug-likeness (QED) is 0.742. The molecule has 156 valence electrons. The van der Waals surface area contributed by atoms with Crippen LogP contribution in [-0.4, -0.2) is 62.3 Å². The number of nitrogens with zero attached hydrogens (tertiary/aromatic N) is 2. The summed E-state index contributed by atoms with van der Waals surface area (Å²) in [5, 5.41) is 1.68.